The van der Waals surface area contributed by atoms with Crippen molar-refractivity contribution in [2.45, 2.75) is 22.1 Å². The maximum Gasteiger partial charge on any atom is 0.258 e. The highest BCUT2D eigenvalue weighted by atomic mass is 35.5. The zero-order valence-electron chi connectivity index (χ0n) is 16.6. The molecule has 12 heteroatoms. The second-order valence-electron chi connectivity index (χ2n) is 7.60. The Morgan fingerprint density at radius 2 is 1.53 bits per heavy atom. The lowest BCUT2D eigenvalue weighted by atomic mass is 9.68. The first-order valence-corrected chi connectivity index (χ1v) is 10.2. The van der Waals surface area contributed by atoms with Crippen molar-refractivity contribution < 1.29 is 41.0 Å². The van der Waals surface area contributed by atoms with Gasteiger partial charge in [-0.15, -0.1) is 23.2 Å². The van der Waals surface area contributed by atoms with Crippen LogP contribution in [-0.2, 0) is 9.59 Å². The van der Waals surface area contributed by atoms with E-state index in [9.17, 15) is 41.0 Å². The van der Waals surface area contributed by atoms with Gasteiger partial charge in [-0.25, -0.2) is 31.2 Å². The molecule has 4 nitrogen and oxygen atoms in total. The molecule has 34 heavy (non-hydrogen) atoms. The van der Waals surface area contributed by atoms with Crippen LogP contribution in [0.15, 0.2) is 42.5 Å². The van der Waals surface area contributed by atoms with Gasteiger partial charge in [0.2, 0.25) is 5.82 Å². The summed E-state index contributed by atoms with van der Waals surface area (Å²) in [6.45, 7) is 3.55. The Morgan fingerprint density at radius 3 is 2.09 bits per heavy atom. The van der Waals surface area contributed by atoms with Crippen LogP contribution in [0.5, 0.6) is 5.75 Å². The van der Waals surface area contributed by atoms with E-state index in [2.05, 4.69) is 6.58 Å². The van der Waals surface area contributed by atoms with Crippen molar-refractivity contribution in [2.75, 3.05) is 4.90 Å². The standard InChI is InChI=1S/C22H11Cl2F6NO3/c1-2-8-6-7-21(23)19(33)31(17-15(29)13(27)12(26)14(28)16(17)30)20(34)22(21,24)11(8)9-4-3-5-10(25)18(9)32/h2-6,11,32H,1,7H2/t11-,21-,22+/m1/s1. The minimum Gasteiger partial charge on any atom is -0.505 e. The number of phenolic OH excluding ortho intramolecular Hbond substituents is 1. The first kappa shape index (κ1) is 24.2. The highest BCUT2D eigenvalue weighted by molar-refractivity contribution is 6.58. The molecule has 0 unspecified atom stereocenters. The summed E-state index contributed by atoms with van der Waals surface area (Å²) >= 11 is 13.1. The van der Waals surface area contributed by atoms with Crippen molar-refractivity contribution in [3.63, 3.8) is 0 Å². The van der Waals surface area contributed by atoms with E-state index >= 15 is 0 Å². The minimum absolute atomic E-state index is 0.0904. The third-order valence-corrected chi connectivity index (χ3v) is 7.37. The van der Waals surface area contributed by atoms with Gasteiger partial charge in [-0.05, 0) is 18.1 Å². The monoisotopic (exact) mass is 521 g/mol. The smallest absolute Gasteiger partial charge is 0.258 e. The number of phenols is 1. The SMILES string of the molecule is C=CC1=CC[C@@]2(Cl)C(=O)N(c3c(F)c(F)c(F)c(F)c3F)C(=O)[C@@]2(Cl)[C@H]1c1cccc(F)c1O. The lowest BCUT2D eigenvalue weighted by Gasteiger charge is -2.42. The largest absolute Gasteiger partial charge is 0.505 e. The number of carbonyl (C=O) groups excluding carboxylic acids is 2. The molecule has 1 aliphatic carbocycles. The number of amides is 2. The third-order valence-electron chi connectivity index (χ3n) is 5.96. The number of rotatable bonds is 3. The number of hydrogen-bond donors (Lipinski definition) is 1. The van der Waals surface area contributed by atoms with Gasteiger partial charge in [0, 0.05) is 11.5 Å². The van der Waals surface area contributed by atoms with Crippen LogP contribution in [0.1, 0.15) is 17.9 Å². The fraction of sp³-hybridized carbons (Fsp3) is 0.182. The van der Waals surface area contributed by atoms with Crippen LogP contribution < -0.4 is 4.90 Å². The highest BCUT2D eigenvalue weighted by Gasteiger charge is 2.74. The number of benzene rings is 2. The van der Waals surface area contributed by atoms with Crippen LogP contribution in [0.4, 0.5) is 32.0 Å². The average Bonchev–Trinajstić information content (AvgIpc) is 2.96. The van der Waals surface area contributed by atoms with Gasteiger partial charge in [0.1, 0.15) is 5.69 Å². The lowest BCUT2D eigenvalue weighted by molar-refractivity contribution is -0.122. The Labute approximate surface area is 197 Å². The second-order valence-corrected chi connectivity index (χ2v) is 8.84. The average molecular weight is 522 g/mol. The Bertz CT molecular complexity index is 1300. The van der Waals surface area contributed by atoms with Gasteiger partial charge in [0.15, 0.2) is 44.6 Å². The van der Waals surface area contributed by atoms with Gasteiger partial charge in [-0.3, -0.25) is 9.59 Å². The summed E-state index contributed by atoms with van der Waals surface area (Å²) in [5, 5.41) is 10.3. The molecule has 1 aliphatic heterocycles. The molecule has 0 aromatic heterocycles. The molecule has 0 spiro atoms. The number of nitrogens with zero attached hydrogens (tertiary/aromatic N) is 1. The maximum atomic E-state index is 14.5. The first-order chi connectivity index (χ1) is 15.8. The molecule has 1 fully saturated rings. The number of alkyl halides is 2. The summed E-state index contributed by atoms with van der Waals surface area (Å²) in [6.07, 6.45) is 1.93. The van der Waals surface area contributed by atoms with Crippen molar-refractivity contribution in [3.05, 3.63) is 83.0 Å². The molecule has 4 rings (SSSR count). The minimum atomic E-state index is -2.69. The summed E-state index contributed by atoms with van der Waals surface area (Å²) < 4.78 is 84.4. The van der Waals surface area contributed by atoms with Crippen LogP contribution in [0.25, 0.3) is 0 Å². The number of carbonyl (C=O) groups is 2. The quantitative estimate of drug-likeness (QED) is 0.194. The second kappa shape index (κ2) is 7.78. The zero-order valence-corrected chi connectivity index (χ0v) is 18.1. The molecule has 0 bridgehead atoms. The van der Waals surface area contributed by atoms with E-state index in [-0.39, 0.29) is 16.0 Å². The molecule has 2 amide bonds. The molecule has 2 aromatic carbocycles. The molecule has 3 atom stereocenters. The maximum absolute atomic E-state index is 14.5. The molecule has 1 heterocycles. The third kappa shape index (κ3) is 2.81. The van der Waals surface area contributed by atoms with Gasteiger partial charge in [0.05, 0.1) is 0 Å². The molecule has 0 radical (unpaired) electrons. The number of fused-ring (bicyclic) bond motifs is 1. The summed E-state index contributed by atoms with van der Waals surface area (Å²) in [7, 11) is 0. The van der Waals surface area contributed by atoms with E-state index in [1.165, 1.54) is 12.2 Å². The number of halogens is 8. The van der Waals surface area contributed by atoms with Crippen LogP contribution in [0.2, 0.25) is 0 Å². The molecule has 178 valence electrons. The van der Waals surface area contributed by atoms with Gasteiger partial charge < -0.3 is 5.11 Å². The van der Waals surface area contributed by atoms with Crippen LogP contribution in [-0.4, -0.2) is 26.7 Å². The topological polar surface area (TPSA) is 57.6 Å². The Hall–Kier alpha value is -2.98. The van der Waals surface area contributed by atoms with E-state index in [4.69, 9.17) is 23.2 Å². The van der Waals surface area contributed by atoms with Gasteiger partial charge in [-0.2, -0.15) is 0 Å². The van der Waals surface area contributed by atoms with E-state index in [0.29, 0.717) is 0 Å². The van der Waals surface area contributed by atoms with Crippen molar-refractivity contribution in [3.8, 4) is 5.75 Å². The Balaban J connectivity index is 2.02. The van der Waals surface area contributed by atoms with E-state index in [1.807, 2.05) is 0 Å². The molecule has 0 saturated carbocycles. The van der Waals surface area contributed by atoms with E-state index in [0.717, 1.165) is 18.2 Å². The number of anilines is 1. The predicted molar refractivity (Wildman–Crippen MR) is 110 cm³/mol. The normalized spacial score (nSPS) is 26.5. The van der Waals surface area contributed by atoms with Gasteiger partial charge >= 0.3 is 0 Å². The van der Waals surface area contributed by atoms with Crippen molar-refractivity contribution in [2.24, 2.45) is 0 Å². The Kier molecular flexibility index (Phi) is 5.52. The fourth-order valence-electron chi connectivity index (χ4n) is 4.30. The highest BCUT2D eigenvalue weighted by Crippen LogP contribution is 2.61. The van der Waals surface area contributed by atoms with Crippen molar-refractivity contribution in [1.29, 1.82) is 0 Å². The first-order valence-electron chi connectivity index (χ1n) is 9.42. The summed E-state index contributed by atoms with van der Waals surface area (Å²) in [5.41, 5.74) is -2.10. The summed E-state index contributed by atoms with van der Waals surface area (Å²) in [4.78, 5) is 21.2. The molecular weight excluding hydrogens is 511 g/mol. The van der Waals surface area contributed by atoms with Crippen molar-refractivity contribution in [1.82, 2.24) is 0 Å². The number of hydrogen-bond acceptors (Lipinski definition) is 3. The number of aromatic hydroxyl groups is 1. The molecule has 1 saturated heterocycles. The zero-order chi connectivity index (χ0) is 25.3. The fourth-order valence-corrected chi connectivity index (χ4v) is 5.14. The Morgan fingerprint density at radius 1 is 0.971 bits per heavy atom. The molecule has 2 aromatic rings. The van der Waals surface area contributed by atoms with Gasteiger partial charge in [-0.1, -0.05) is 30.9 Å². The number of para-hydroxylation sites is 1. The van der Waals surface area contributed by atoms with Crippen LogP contribution in [0, 0.1) is 34.9 Å². The summed E-state index contributed by atoms with van der Waals surface area (Å²) in [6, 6.07) is 3.20. The number of allylic oxidation sites excluding steroid dienone is 3. The lowest BCUT2D eigenvalue weighted by Crippen LogP contribution is -2.54. The molecule has 1 N–H and O–H groups in total. The predicted octanol–water partition coefficient (Wildman–Crippen LogP) is 5.36. The summed E-state index contributed by atoms with van der Waals surface area (Å²) in [5.74, 6) is -19.1. The van der Waals surface area contributed by atoms with E-state index < -0.39 is 80.2 Å². The van der Waals surface area contributed by atoms with E-state index in [1.54, 1.807) is 0 Å². The molecular formula is C22H11Cl2F6NO3. The van der Waals surface area contributed by atoms with Gasteiger partial charge in [0.25, 0.3) is 11.8 Å². The van der Waals surface area contributed by atoms with Crippen LogP contribution in [0.3, 0.4) is 0 Å². The molecule has 2 aliphatic rings. The van der Waals surface area contributed by atoms with Crippen LogP contribution >= 0.6 is 23.2 Å². The number of imide groups is 1. The van der Waals surface area contributed by atoms with Crippen molar-refractivity contribution >= 4 is 40.7 Å².